The maximum Gasteiger partial charge on any atom is 0.242 e. The zero-order valence-electron chi connectivity index (χ0n) is 14.9. The Balaban J connectivity index is 2.21. The molecule has 0 bridgehead atoms. The number of amides is 1. The number of hydrogen-bond acceptors (Lipinski definition) is 4. The summed E-state index contributed by atoms with van der Waals surface area (Å²) in [6.45, 7) is 3.87. The van der Waals surface area contributed by atoms with Crippen LogP contribution in [0.1, 0.15) is 16.7 Å². The van der Waals surface area contributed by atoms with Gasteiger partial charge < -0.3 is 14.8 Å². The highest BCUT2D eigenvalue weighted by atomic mass is 16.5. The SMILES string of the molecule is COc1ccc(OC)c(C[C@H](C#N)C(=O)Nc2cc(C)ccc2C)c1. The molecule has 0 aromatic heterocycles. The molecule has 0 aliphatic rings. The van der Waals surface area contributed by atoms with Gasteiger partial charge in [-0.3, -0.25) is 4.79 Å². The number of methoxy groups -OCH3 is 2. The van der Waals surface area contributed by atoms with Crippen molar-refractivity contribution in [3.05, 3.63) is 53.1 Å². The van der Waals surface area contributed by atoms with Crippen LogP contribution in [0.4, 0.5) is 5.69 Å². The molecule has 2 aromatic rings. The second kappa shape index (κ2) is 8.20. The van der Waals surface area contributed by atoms with Gasteiger partial charge in [0.15, 0.2) is 0 Å². The van der Waals surface area contributed by atoms with Crippen LogP contribution in [0, 0.1) is 31.1 Å². The first-order chi connectivity index (χ1) is 12.0. The van der Waals surface area contributed by atoms with Crippen LogP contribution in [-0.4, -0.2) is 20.1 Å². The third-order valence-corrected chi connectivity index (χ3v) is 4.03. The molecule has 5 heteroatoms. The minimum Gasteiger partial charge on any atom is -0.497 e. The quantitative estimate of drug-likeness (QED) is 0.873. The van der Waals surface area contributed by atoms with E-state index in [0.29, 0.717) is 11.5 Å². The molecule has 0 saturated heterocycles. The minimum absolute atomic E-state index is 0.244. The summed E-state index contributed by atoms with van der Waals surface area (Å²) in [5.41, 5.74) is 3.48. The lowest BCUT2D eigenvalue weighted by atomic mass is 9.98. The van der Waals surface area contributed by atoms with Crippen molar-refractivity contribution in [1.29, 1.82) is 5.26 Å². The van der Waals surface area contributed by atoms with Gasteiger partial charge in [0.1, 0.15) is 17.4 Å². The van der Waals surface area contributed by atoms with E-state index in [1.165, 1.54) is 0 Å². The number of nitriles is 1. The topological polar surface area (TPSA) is 71.3 Å². The molecule has 5 nitrogen and oxygen atoms in total. The third-order valence-electron chi connectivity index (χ3n) is 4.03. The second-order valence-corrected chi connectivity index (χ2v) is 5.87. The van der Waals surface area contributed by atoms with Crippen LogP contribution < -0.4 is 14.8 Å². The van der Waals surface area contributed by atoms with Gasteiger partial charge in [0.2, 0.25) is 5.91 Å². The molecule has 2 aromatic carbocycles. The summed E-state index contributed by atoms with van der Waals surface area (Å²) in [6, 6.07) is 13.2. The van der Waals surface area contributed by atoms with Gasteiger partial charge in [-0.05, 0) is 54.8 Å². The van der Waals surface area contributed by atoms with Crippen LogP contribution in [0.25, 0.3) is 0 Å². The van der Waals surface area contributed by atoms with Crippen molar-refractivity contribution in [3.8, 4) is 17.6 Å². The number of rotatable bonds is 6. The summed E-state index contributed by atoms with van der Waals surface area (Å²) >= 11 is 0. The fourth-order valence-corrected chi connectivity index (χ4v) is 2.55. The molecular formula is C20H22N2O3. The molecule has 1 N–H and O–H groups in total. The van der Waals surface area contributed by atoms with Crippen molar-refractivity contribution in [3.63, 3.8) is 0 Å². The van der Waals surface area contributed by atoms with Crippen molar-refractivity contribution in [1.82, 2.24) is 0 Å². The lowest BCUT2D eigenvalue weighted by molar-refractivity contribution is -0.118. The standard InChI is InChI=1S/C20H22N2O3/c1-13-5-6-14(2)18(9-13)22-20(23)16(12-21)10-15-11-17(24-3)7-8-19(15)25-4/h5-9,11,16H,10H2,1-4H3,(H,22,23)/t16-/m1/s1. The zero-order chi connectivity index (χ0) is 18.4. The molecule has 2 rings (SSSR count). The van der Waals surface area contributed by atoms with Gasteiger partial charge in [-0.2, -0.15) is 5.26 Å². The normalized spacial score (nSPS) is 11.3. The van der Waals surface area contributed by atoms with E-state index < -0.39 is 5.92 Å². The number of aryl methyl sites for hydroxylation is 2. The first-order valence-electron chi connectivity index (χ1n) is 7.97. The number of ether oxygens (including phenoxy) is 2. The maximum absolute atomic E-state index is 12.6. The number of benzene rings is 2. The highest BCUT2D eigenvalue weighted by molar-refractivity contribution is 5.95. The Labute approximate surface area is 148 Å². The van der Waals surface area contributed by atoms with Crippen LogP contribution in [0.15, 0.2) is 36.4 Å². The van der Waals surface area contributed by atoms with E-state index in [4.69, 9.17) is 9.47 Å². The molecule has 25 heavy (non-hydrogen) atoms. The Kier molecular flexibility index (Phi) is 6.02. The molecular weight excluding hydrogens is 316 g/mol. The number of hydrogen-bond donors (Lipinski definition) is 1. The largest absolute Gasteiger partial charge is 0.497 e. The smallest absolute Gasteiger partial charge is 0.242 e. The summed E-state index contributed by atoms with van der Waals surface area (Å²) < 4.78 is 10.5. The second-order valence-electron chi connectivity index (χ2n) is 5.87. The van der Waals surface area contributed by atoms with Gasteiger partial charge >= 0.3 is 0 Å². The zero-order valence-corrected chi connectivity index (χ0v) is 14.9. The average Bonchev–Trinajstić information content (AvgIpc) is 2.62. The molecule has 1 amide bonds. The van der Waals surface area contributed by atoms with Gasteiger partial charge in [-0.1, -0.05) is 12.1 Å². The Morgan fingerprint density at radius 1 is 1.16 bits per heavy atom. The first kappa shape index (κ1) is 18.3. The highest BCUT2D eigenvalue weighted by Crippen LogP contribution is 2.27. The van der Waals surface area contributed by atoms with Crippen molar-refractivity contribution < 1.29 is 14.3 Å². The van der Waals surface area contributed by atoms with Crippen LogP contribution in [0.5, 0.6) is 11.5 Å². The number of carbonyl (C=O) groups is 1. The first-order valence-corrected chi connectivity index (χ1v) is 7.97. The number of nitrogens with one attached hydrogen (secondary N) is 1. The summed E-state index contributed by atoms with van der Waals surface area (Å²) in [5.74, 6) is 0.116. The monoisotopic (exact) mass is 338 g/mol. The van der Waals surface area contributed by atoms with E-state index in [2.05, 4.69) is 11.4 Å². The van der Waals surface area contributed by atoms with Crippen molar-refractivity contribution in [2.45, 2.75) is 20.3 Å². The Hall–Kier alpha value is -3.00. The van der Waals surface area contributed by atoms with E-state index in [1.807, 2.05) is 32.0 Å². The van der Waals surface area contributed by atoms with E-state index in [1.54, 1.807) is 32.4 Å². The molecule has 0 radical (unpaired) electrons. The Morgan fingerprint density at radius 2 is 1.92 bits per heavy atom. The molecule has 1 atom stereocenters. The Morgan fingerprint density at radius 3 is 2.56 bits per heavy atom. The Bertz CT molecular complexity index is 809. The predicted molar refractivity (Wildman–Crippen MR) is 96.9 cm³/mol. The van der Waals surface area contributed by atoms with Crippen molar-refractivity contribution >= 4 is 11.6 Å². The molecule has 0 heterocycles. The summed E-state index contributed by atoms with van der Waals surface area (Å²) in [4.78, 5) is 12.6. The molecule has 0 fully saturated rings. The predicted octanol–water partition coefficient (Wildman–Crippen LogP) is 3.64. The molecule has 0 spiro atoms. The fourth-order valence-electron chi connectivity index (χ4n) is 2.55. The third kappa shape index (κ3) is 4.51. The number of nitrogens with zero attached hydrogens (tertiary/aromatic N) is 1. The van der Waals surface area contributed by atoms with Crippen LogP contribution in [0.2, 0.25) is 0 Å². The van der Waals surface area contributed by atoms with Crippen molar-refractivity contribution in [2.24, 2.45) is 5.92 Å². The maximum atomic E-state index is 12.6. The molecule has 0 aliphatic heterocycles. The lowest BCUT2D eigenvalue weighted by Gasteiger charge is -2.15. The highest BCUT2D eigenvalue weighted by Gasteiger charge is 2.21. The van der Waals surface area contributed by atoms with Crippen LogP contribution in [-0.2, 0) is 11.2 Å². The van der Waals surface area contributed by atoms with Crippen LogP contribution in [0.3, 0.4) is 0 Å². The molecule has 0 aliphatic carbocycles. The van der Waals surface area contributed by atoms with Gasteiger partial charge in [0.05, 0.1) is 20.3 Å². The molecule has 0 unspecified atom stereocenters. The van der Waals surface area contributed by atoms with Gasteiger partial charge in [-0.25, -0.2) is 0 Å². The van der Waals surface area contributed by atoms with E-state index in [9.17, 15) is 10.1 Å². The minimum atomic E-state index is -0.832. The average molecular weight is 338 g/mol. The molecule has 130 valence electrons. The number of carbonyl (C=O) groups excluding carboxylic acids is 1. The summed E-state index contributed by atoms with van der Waals surface area (Å²) in [6.07, 6.45) is 0.244. The fraction of sp³-hybridized carbons (Fsp3) is 0.300. The summed E-state index contributed by atoms with van der Waals surface area (Å²) in [7, 11) is 3.13. The van der Waals surface area contributed by atoms with E-state index in [0.717, 1.165) is 22.4 Å². The lowest BCUT2D eigenvalue weighted by Crippen LogP contribution is -2.24. The van der Waals surface area contributed by atoms with Gasteiger partial charge in [0, 0.05) is 12.1 Å². The number of anilines is 1. The van der Waals surface area contributed by atoms with Gasteiger partial charge in [-0.15, -0.1) is 0 Å². The van der Waals surface area contributed by atoms with E-state index >= 15 is 0 Å². The van der Waals surface area contributed by atoms with Crippen molar-refractivity contribution in [2.75, 3.05) is 19.5 Å². The summed E-state index contributed by atoms with van der Waals surface area (Å²) in [5, 5.41) is 12.3. The van der Waals surface area contributed by atoms with Gasteiger partial charge in [0.25, 0.3) is 0 Å². The van der Waals surface area contributed by atoms with E-state index in [-0.39, 0.29) is 12.3 Å². The molecule has 0 saturated carbocycles. The van der Waals surface area contributed by atoms with Crippen LogP contribution >= 0.6 is 0 Å².